The average Bonchev–Trinajstić information content (AvgIpc) is 3.11. The Morgan fingerprint density at radius 3 is 2.83 bits per heavy atom. The number of carbonyl (C=O) groups is 1. The van der Waals surface area contributed by atoms with Crippen LogP contribution in [0.15, 0.2) is 59.9 Å². The number of pyridine rings is 1. The van der Waals surface area contributed by atoms with Gasteiger partial charge in [-0.1, -0.05) is 12.1 Å². The summed E-state index contributed by atoms with van der Waals surface area (Å²) in [5.74, 6) is 0.187. The molecule has 0 N–H and O–H groups in total. The van der Waals surface area contributed by atoms with Gasteiger partial charge in [-0.15, -0.1) is 11.8 Å². The summed E-state index contributed by atoms with van der Waals surface area (Å²) in [6, 6.07) is 11.6. The minimum Gasteiger partial charge on any atom is -0.303 e. The summed E-state index contributed by atoms with van der Waals surface area (Å²) in [4.78, 5) is 18.8. The number of fused-ring (bicyclic) bond motifs is 1. The molecule has 1 aromatic carbocycles. The Hall–Kier alpha value is -2.67. The monoisotopic (exact) mass is 340 g/mol. The van der Waals surface area contributed by atoms with Gasteiger partial charge >= 0.3 is 0 Å². The van der Waals surface area contributed by atoms with E-state index in [0.717, 1.165) is 16.5 Å². The normalized spacial score (nSPS) is 13.6. The number of benzene rings is 1. The van der Waals surface area contributed by atoms with Crippen LogP contribution in [-0.4, -0.2) is 33.0 Å². The van der Waals surface area contributed by atoms with Gasteiger partial charge in [-0.25, -0.2) is 14.1 Å². The van der Waals surface area contributed by atoms with Gasteiger partial charge in [-0.3, -0.25) is 4.79 Å². The third-order valence-electron chi connectivity index (χ3n) is 3.75. The average molecular weight is 340 g/mol. The van der Waals surface area contributed by atoms with E-state index < -0.39 is 0 Å². The van der Waals surface area contributed by atoms with Gasteiger partial charge in [0.05, 0.1) is 5.69 Å². The highest BCUT2D eigenvalue weighted by Gasteiger charge is 2.26. The van der Waals surface area contributed by atoms with Crippen LogP contribution in [0.3, 0.4) is 0 Å². The maximum absolute atomic E-state index is 13.9. The van der Waals surface area contributed by atoms with Crippen molar-refractivity contribution in [1.82, 2.24) is 14.8 Å². The minimum atomic E-state index is -0.386. The van der Waals surface area contributed by atoms with Gasteiger partial charge in [-0.2, -0.15) is 5.10 Å². The lowest BCUT2D eigenvalue weighted by atomic mass is 10.3. The Morgan fingerprint density at radius 1 is 1.12 bits per heavy atom. The number of halogens is 1. The van der Waals surface area contributed by atoms with Gasteiger partial charge in [0.2, 0.25) is 0 Å². The standard InChI is InChI=1S/C17H13FN4OS/c18-12-4-1-2-5-14(12)22-9-7-13(20-22)17(23)21-10-11-24-16-15(21)6-3-8-19-16/h1-9H,10-11H2. The lowest BCUT2D eigenvalue weighted by Crippen LogP contribution is -2.36. The molecule has 7 heteroatoms. The number of aromatic nitrogens is 3. The summed E-state index contributed by atoms with van der Waals surface area (Å²) in [5, 5.41) is 5.09. The van der Waals surface area contributed by atoms with Crippen LogP contribution >= 0.6 is 11.8 Å². The van der Waals surface area contributed by atoms with Gasteiger partial charge in [-0.05, 0) is 30.3 Å². The van der Waals surface area contributed by atoms with E-state index in [1.54, 1.807) is 53.3 Å². The first-order valence-corrected chi connectivity index (χ1v) is 8.43. The van der Waals surface area contributed by atoms with Gasteiger partial charge in [0.15, 0.2) is 5.69 Å². The van der Waals surface area contributed by atoms with Crippen molar-refractivity contribution in [2.24, 2.45) is 0 Å². The summed E-state index contributed by atoms with van der Waals surface area (Å²) in [6.45, 7) is 0.592. The molecule has 0 saturated heterocycles. The molecule has 1 amide bonds. The summed E-state index contributed by atoms with van der Waals surface area (Å²) < 4.78 is 15.3. The van der Waals surface area contributed by atoms with E-state index in [0.29, 0.717) is 12.2 Å². The van der Waals surface area contributed by atoms with Crippen LogP contribution < -0.4 is 4.90 Å². The molecule has 120 valence electrons. The Balaban J connectivity index is 1.66. The molecule has 0 saturated carbocycles. The van der Waals surface area contributed by atoms with Crippen molar-refractivity contribution in [1.29, 1.82) is 0 Å². The predicted octanol–water partition coefficient (Wildman–Crippen LogP) is 3.16. The van der Waals surface area contributed by atoms with Crippen molar-refractivity contribution in [3.63, 3.8) is 0 Å². The van der Waals surface area contributed by atoms with Crippen LogP contribution in [0.2, 0.25) is 0 Å². The van der Waals surface area contributed by atoms with Crippen molar-refractivity contribution >= 4 is 23.4 Å². The molecular formula is C17H13FN4OS. The number of hydrogen-bond donors (Lipinski definition) is 0. The van der Waals surface area contributed by atoms with E-state index in [2.05, 4.69) is 10.1 Å². The second-order valence-corrected chi connectivity index (χ2v) is 6.31. The number of amides is 1. The highest BCUT2D eigenvalue weighted by atomic mass is 32.2. The van der Waals surface area contributed by atoms with Crippen LogP contribution in [0.5, 0.6) is 0 Å². The number of hydrogen-bond acceptors (Lipinski definition) is 4. The molecule has 0 unspecified atom stereocenters. The van der Waals surface area contributed by atoms with E-state index in [1.807, 2.05) is 12.1 Å². The summed E-state index contributed by atoms with van der Waals surface area (Å²) in [6.07, 6.45) is 3.31. The van der Waals surface area contributed by atoms with Crippen LogP contribution in [0, 0.1) is 5.82 Å². The van der Waals surface area contributed by atoms with Crippen molar-refractivity contribution in [2.75, 3.05) is 17.2 Å². The highest BCUT2D eigenvalue weighted by Crippen LogP contribution is 2.33. The van der Waals surface area contributed by atoms with Crippen molar-refractivity contribution < 1.29 is 9.18 Å². The fourth-order valence-corrected chi connectivity index (χ4v) is 3.54. The molecule has 0 radical (unpaired) electrons. The van der Waals surface area contributed by atoms with Crippen molar-refractivity contribution in [3.8, 4) is 5.69 Å². The highest BCUT2D eigenvalue weighted by molar-refractivity contribution is 7.99. The summed E-state index contributed by atoms with van der Waals surface area (Å²) >= 11 is 1.63. The van der Waals surface area contributed by atoms with Crippen LogP contribution in [0.4, 0.5) is 10.1 Å². The Bertz CT molecular complexity index is 911. The fraction of sp³-hybridized carbons (Fsp3) is 0.118. The molecule has 4 rings (SSSR count). The largest absolute Gasteiger partial charge is 0.303 e. The molecule has 3 heterocycles. The van der Waals surface area contributed by atoms with Gasteiger partial charge in [0.25, 0.3) is 5.91 Å². The molecule has 5 nitrogen and oxygen atoms in total. The number of rotatable bonds is 2. The lowest BCUT2D eigenvalue weighted by Gasteiger charge is -2.27. The SMILES string of the molecule is O=C(c1ccn(-c2ccccc2F)n1)N1CCSc2ncccc21. The molecule has 24 heavy (non-hydrogen) atoms. The molecule has 0 aliphatic carbocycles. The second kappa shape index (κ2) is 6.09. The minimum absolute atomic E-state index is 0.209. The number of thioether (sulfide) groups is 1. The van der Waals surface area contributed by atoms with Gasteiger partial charge in [0, 0.05) is 24.7 Å². The molecule has 0 bridgehead atoms. The number of nitrogens with zero attached hydrogens (tertiary/aromatic N) is 4. The molecule has 1 aliphatic rings. The first-order valence-electron chi connectivity index (χ1n) is 7.44. The first kappa shape index (κ1) is 14.9. The predicted molar refractivity (Wildman–Crippen MR) is 90.2 cm³/mol. The first-order chi connectivity index (χ1) is 11.7. The van der Waals surface area contributed by atoms with Crippen LogP contribution in [-0.2, 0) is 0 Å². The van der Waals surface area contributed by atoms with E-state index in [1.165, 1.54) is 10.7 Å². The molecular weight excluding hydrogens is 327 g/mol. The summed E-state index contributed by atoms with van der Waals surface area (Å²) in [5.41, 5.74) is 1.38. The van der Waals surface area contributed by atoms with Crippen molar-refractivity contribution in [3.05, 3.63) is 66.4 Å². The zero-order chi connectivity index (χ0) is 16.5. The van der Waals surface area contributed by atoms with Crippen LogP contribution in [0.1, 0.15) is 10.5 Å². The Labute approximate surface area is 142 Å². The second-order valence-electron chi connectivity index (χ2n) is 5.23. The Kier molecular flexibility index (Phi) is 3.78. The molecule has 3 aromatic rings. The van der Waals surface area contributed by atoms with E-state index >= 15 is 0 Å². The smallest absolute Gasteiger partial charge is 0.278 e. The Morgan fingerprint density at radius 2 is 1.96 bits per heavy atom. The van der Waals surface area contributed by atoms with Gasteiger partial charge < -0.3 is 4.90 Å². The third kappa shape index (κ3) is 2.56. The number of carbonyl (C=O) groups excluding carboxylic acids is 1. The molecule has 0 fully saturated rings. The lowest BCUT2D eigenvalue weighted by molar-refractivity contribution is 0.0982. The molecule has 2 aromatic heterocycles. The maximum Gasteiger partial charge on any atom is 0.278 e. The molecule has 0 atom stereocenters. The molecule has 1 aliphatic heterocycles. The zero-order valence-electron chi connectivity index (χ0n) is 12.6. The van der Waals surface area contributed by atoms with Crippen molar-refractivity contribution in [2.45, 2.75) is 5.03 Å². The van der Waals surface area contributed by atoms with Crippen LogP contribution in [0.25, 0.3) is 5.69 Å². The third-order valence-corrected chi connectivity index (χ3v) is 4.72. The molecule has 0 spiro atoms. The van der Waals surface area contributed by atoms with E-state index in [-0.39, 0.29) is 17.4 Å². The number of para-hydroxylation sites is 1. The fourth-order valence-electron chi connectivity index (χ4n) is 2.61. The quantitative estimate of drug-likeness (QED) is 0.719. The maximum atomic E-state index is 13.9. The van der Waals surface area contributed by atoms with E-state index in [4.69, 9.17) is 0 Å². The van der Waals surface area contributed by atoms with Gasteiger partial charge in [0.1, 0.15) is 16.5 Å². The zero-order valence-corrected chi connectivity index (χ0v) is 13.4. The summed E-state index contributed by atoms with van der Waals surface area (Å²) in [7, 11) is 0. The topological polar surface area (TPSA) is 51.0 Å². The number of anilines is 1. The van der Waals surface area contributed by atoms with E-state index in [9.17, 15) is 9.18 Å².